The minimum atomic E-state index is 1.32. The van der Waals surface area contributed by atoms with Crippen molar-refractivity contribution in [3.63, 3.8) is 0 Å². The molecule has 0 atom stereocenters. The van der Waals surface area contributed by atoms with Crippen molar-refractivity contribution in [3.8, 4) is 44.5 Å². The second kappa shape index (κ2) is 5.73. The number of rotatable bonds is 1. The Kier molecular flexibility index (Phi) is 2.88. The number of hydrogen-bond acceptors (Lipinski definition) is 0. The van der Waals surface area contributed by atoms with E-state index >= 15 is 0 Å². The van der Waals surface area contributed by atoms with Crippen molar-refractivity contribution in [2.75, 3.05) is 0 Å². The van der Waals surface area contributed by atoms with E-state index in [1.165, 1.54) is 87.6 Å². The Balaban J connectivity index is 1.43. The van der Waals surface area contributed by atoms with Crippen molar-refractivity contribution in [3.05, 3.63) is 109 Å². The number of benzene rings is 7. The molecule has 0 nitrogen and oxygen atoms in total. The summed E-state index contributed by atoms with van der Waals surface area (Å²) in [6.07, 6.45) is 0. The van der Waals surface area contributed by atoms with Crippen LogP contribution in [-0.4, -0.2) is 0 Å². The maximum absolute atomic E-state index is 2.35. The summed E-state index contributed by atoms with van der Waals surface area (Å²) in [5, 5.41) is 11.0. The lowest BCUT2D eigenvalue weighted by Gasteiger charge is -2.14. The lowest BCUT2D eigenvalue weighted by Crippen LogP contribution is -1.86. The van der Waals surface area contributed by atoms with Crippen LogP contribution in [-0.2, 0) is 0 Å². The average molecular weight is 427 g/mol. The Hall–Kier alpha value is -4.42. The summed E-state index contributed by atoms with van der Waals surface area (Å²) in [6, 6.07) is 40.9. The van der Waals surface area contributed by atoms with Gasteiger partial charge in [-0.25, -0.2) is 0 Å². The summed E-state index contributed by atoms with van der Waals surface area (Å²) in [4.78, 5) is 0. The molecule has 0 fully saturated rings. The van der Waals surface area contributed by atoms with Gasteiger partial charge in [-0.15, -0.1) is 0 Å². The molecule has 0 unspecified atom stereocenters. The topological polar surface area (TPSA) is 0 Å². The van der Waals surface area contributed by atoms with E-state index in [0.717, 1.165) is 0 Å². The molecule has 0 saturated carbocycles. The van der Waals surface area contributed by atoms with E-state index < -0.39 is 0 Å². The summed E-state index contributed by atoms with van der Waals surface area (Å²) in [6.45, 7) is 0. The largest absolute Gasteiger partial charge is 0.0616 e. The Bertz CT molecular complexity index is 2030. The molecule has 2 aliphatic carbocycles. The lowest BCUT2D eigenvalue weighted by atomic mass is 9.89. The van der Waals surface area contributed by atoms with Crippen LogP contribution in [0.15, 0.2) is 109 Å². The highest BCUT2D eigenvalue weighted by atomic mass is 14.3. The van der Waals surface area contributed by atoms with Gasteiger partial charge in [-0.05, 0) is 87.6 Å². The molecule has 0 N–H and O–H groups in total. The molecule has 0 bridgehead atoms. The molecular weight excluding hydrogens is 408 g/mol. The fourth-order valence-corrected chi connectivity index (χ4v) is 6.77. The summed E-state index contributed by atoms with van der Waals surface area (Å²) in [5.74, 6) is 0. The zero-order chi connectivity index (χ0) is 22.0. The first-order valence-electron chi connectivity index (χ1n) is 12.0. The van der Waals surface area contributed by atoms with Crippen LogP contribution in [0.1, 0.15) is 0 Å². The predicted octanol–water partition coefficient (Wildman–Crippen LogP) is 9.59. The van der Waals surface area contributed by atoms with Gasteiger partial charge in [0, 0.05) is 0 Å². The highest BCUT2D eigenvalue weighted by Gasteiger charge is 2.25. The van der Waals surface area contributed by atoms with Crippen LogP contribution in [0, 0.1) is 0 Å². The van der Waals surface area contributed by atoms with Gasteiger partial charge in [-0.2, -0.15) is 0 Å². The maximum atomic E-state index is 2.35. The second-order valence-corrected chi connectivity index (χ2v) is 9.65. The third-order valence-corrected chi connectivity index (χ3v) is 8.13. The van der Waals surface area contributed by atoms with Crippen LogP contribution in [0.4, 0.5) is 0 Å². The summed E-state index contributed by atoms with van der Waals surface area (Å²) < 4.78 is 0. The Morgan fingerprint density at radius 3 is 1.50 bits per heavy atom. The molecule has 0 heteroatoms. The highest BCUT2D eigenvalue weighted by molar-refractivity contribution is 6.34. The van der Waals surface area contributed by atoms with Gasteiger partial charge in [0.1, 0.15) is 0 Å². The first kappa shape index (κ1) is 17.1. The smallest absolute Gasteiger partial charge is 0.00139 e. The van der Waals surface area contributed by atoms with Crippen molar-refractivity contribution in [2.45, 2.75) is 0 Å². The minimum Gasteiger partial charge on any atom is -0.0616 e. The predicted molar refractivity (Wildman–Crippen MR) is 145 cm³/mol. The van der Waals surface area contributed by atoms with E-state index in [2.05, 4.69) is 109 Å². The Labute approximate surface area is 196 Å². The highest BCUT2D eigenvalue weighted by Crippen LogP contribution is 2.52. The molecule has 0 spiro atoms. The van der Waals surface area contributed by atoms with E-state index in [9.17, 15) is 0 Å². The van der Waals surface area contributed by atoms with E-state index in [0.29, 0.717) is 0 Å². The molecule has 0 amide bonds. The van der Waals surface area contributed by atoms with Crippen LogP contribution < -0.4 is 0 Å². The number of hydrogen-bond donors (Lipinski definition) is 0. The van der Waals surface area contributed by atoms with Crippen LogP contribution in [0.5, 0.6) is 0 Å². The molecule has 9 rings (SSSR count). The van der Waals surface area contributed by atoms with Crippen molar-refractivity contribution >= 4 is 43.1 Å². The first-order chi connectivity index (χ1) is 16.9. The van der Waals surface area contributed by atoms with Gasteiger partial charge >= 0.3 is 0 Å². The Morgan fingerprint density at radius 2 is 0.735 bits per heavy atom. The lowest BCUT2D eigenvalue weighted by molar-refractivity contribution is 1.69. The molecule has 0 saturated heterocycles. The van der Waals surface area contributed by atoms with Crippen LogP contribution in [0.3, 0.4) is 0 Å². The van der Waals surface area contributed by atoms with Gasteiger partial charge < -0.3 is 0 Å². The van der Waals surface area contributed by atoms with E-state index in [1.54, 1.807) is 0 Å². The standard InChI is InChI=1S/C34H18/c1-2-7-22-21(6-1)25-9-4-10-26-23(15-17-28(22)33(25)26)24-16-18-30-27-8-3-5-19-11-12-20-13-14-29(24)34(30)32(20)31(19)27/h1-18H. The van der Waals surface area contributed by atoms with Gasteiger partial charge in [0.15, 0.2) is 0 Å². The fourth-order valence-electron chi connectivity index (χ4n) is 6.77. The maximum Gasteiger partial charge on any atom is -0.00139 e. The van der Waals surface area contributed by atoms with Crippen molar-refractivity contribution < 1.29 is 0 Å². The van der Waals surface area contributed by atoms with Gasteiger partial charge in [-0.1, -0.05) is 109 Å². The monoisotopic (exact) mass is 426 g/mol. The molecule has 7 aromatic carbocycles. The minimum absolute atomic E-state index is 1.32. The molecule has 154 valence electrons. The van der Waals surface area contributed by atoms with E-state index in [1.807, 2.05) is 0 Å². The van der Waals surface area contributed by atoms with Crippen LogP contribution in [0.25, 0.3) is 87.6 Å². The third kappa shape index (κ3) is 1.85. The normalized spacial score (nSPS) is 12.7. The quantitative estimate of drug-likeness (QED) is 0.229. The van der Waals surface area contributed by atoms with Crippen LogP contribution in [0.2, 0.25) is 0 Å². The molecule has 0 aromatic heterocycles. The molecule has 34 heavy (non-hydrogen) atoms. The number of fused-ring (bicyclic) bond motifs is 4. The zero-order valence-electron chi connectivity index (χ0n) is 18.4. The van der Waals surface area contributed by atoms with E-state index in [-0.39, 0.29) is 0 Å². The summed E-state index contributed by atoms with van der Waals surface area (Å²) in [7, 11) is 0. The van der Waals surface area contributed by atoms with E-state index in [4.69, 9.17) is 0 Å². The molecule has 0 radical (unpaired) electrons. The summed E-state index contributed by atoms with van der Waals surface area (Å²) >= 11 is 0. The third-order valence-electron chi connectivity index (χ3n) is 8.13. The van der Waals surface area contributed by atoms with Gasteiger partial charge in [0.2, 0.25) is 0 Å². The fraction of sp³-hybridized carbons (Fsp3) is 0. The molecular formula is C34H18. The zero-order valence-corrected chi connectivity index (χ0v) is 18.4. The molecule has 0 heterocycles. The first-order valence-corrected chi connectivity index (χ1v) is 12.0. The van der Waals surface area contributed by atoms with Gasteiger partial charge in [0.05, 0.1) is 0 Å². The van der Waals surface area contributed by atoms with Crippen molar-refractivity contribution in [2.24, 2.45) is 0 Å². The molecule has 0 aliphatic heterocycles. The molecule has 7 aromatic rings. The van der Waals surface area contributed by atoms with Crippen molar-refractivity contribution in [1.82, 2.24) is 0 Å². The molecule has 2 aliphatic rings. The van der Waals surface area contributed by atoms with Crippen molar-refractivity contribution in [1.29, 1.82) is 0 Å². The Morgan fingerprint density at radius 1 is 0.235 bits per heavy atom. The van der Waals surface area contributed by atoms with Crippen LogP contribution >= 0.6 is 0 Å². The summed E-state index contributed by atoms with van der Waals surface area (Å²) in [5.41, 5.74) is 10.8. The van der Waals surface area contributed by atoms with Gasteiger partial charge in [0.25, 0.3) is 0 Å². The average Bonchev–Trinajstić information content (AvgIpc) is 3.41. The second-order valence-electron chi connectivity index (χ2n) is 9.65. The SMILES string of the molecule is c1ccc2c(c1)-c1cccc3c(-c4ccc5c6c4ccc4ccc7cccc-5c7c46)ccc-2c13. The van der Waals surface area contributed by atoms with Gasteiger partial charge in [-0.3, -0.25) is 0 Å².